The first kappa shape index (κ1) is 22.2. The number of sulfonamides is 1. The number of fused-ring (bicyclic) bond motifs is 1. The molecule has 1 aromatic carbocycles. The number of pyridine rings is 1. The van der Waals surface area contributed by atoms with E-state index in [0.717, 1.165) is 30.4 Å². The van der Waals surface area contributed by atoms with Gasteiger partial charge in [-0.05, 0) is 57.9 Å². The molecule has 11 heteroatoms. The summed E-state index contributed by atoms with van der Waals surface area (Å²) in [4.78, 5) is 13.1. The molecular weight excluding hydrogens is 432 g/mol. The Bertz CT molecular complexity index is 1260. The molecule has 4 rings (SSSR count). The highest BCUT2D eigenvalue weighted by Gasteiger charge is 2.31. The van der Waals surface area contributed by atoms with E-state index in [9.17, 15) is 18.5 Å². The summed E-state index contributed by atoms with van der Waals surface area (Å²) in [6.07, 6.45) is 3.63. The van der Waals surface area contributed by atoms with Gasteiger partial charge in [-0.1, -0.05) is 6.07 Å². The van der Waals surface area contributed by atoms with Crippen molar-refractivity contribution >= 4 is 27.0 Å². The van der Waals surface area contributed by atoms with Crippen LogP contribution in [0.25, 0.3) is 5.65 Å². The zero-order valence-electron chi connectivity index (χ0n) is 18.2. The third-order valence-corrected chi connectivity index (χ3v) is 7.12. The van der Waals surface area contributed by atoms with E-state index in [1.165, 1.54) is 12.1 Å². The minimum Gasteiger partial charge on any atom is -0.365 e. The number of aromatic nitrogens is 3. The smallest absolute Gasteiger partial charge is 0.293 e. The van der Waals surface area contributed by atoms with E-state index in [0.29, 0.717) is 18.8 Å². The van der Waals surface area contributed by atoms with Crippen LogP contribution in [0.1, 0.15) is 45.4 Å². The van der Waals surface area contributed by atoms with Crippen LogP contribution in [0.15, 0.2) is 47.5 Å². The third-order valence-electron chi connectivity index (χ3n) is 5.36. The van der Waals surface area contributed by atoms with Crippen molar-refractivity contribution in [1.82, 2.24) is 19.3 Å². The van der Waals surface area contributed by atoms with Crippen molar-refractivity contribution in [3.63, 3.8) is 0 Å². The lowest BCUT2D eigenvalue weighted by atomic mass is 9.96. The maximum absolute atomic E-state index is 12.7. The second kappa shape index (κ2) is 8.14. The lowest BCUT2D eigenvalue weighted by Crippen LogP contribution is -2.40. The van der Waals surface area contributed by atoms with E-state index in [1.807, 2.05) is 33.7 Å². The van der Waals surface area contributed by atoms with Crippen molar-refractivity contribution in [3.8, 4) is 0 Å². The van der Waals surface area contributed by atoms with Gasteiger partial charge in [-0.15, -0.1) is 10.2 Å². The molecule has 0 radical (unpaired) electrons. The van der Waals surface area contributed by atoms with E-state index < -0.39 is 20.5 Å². The van der Waals surface area contributed by atoms with Crippen LogP contribution in [0.3, 0.4) is 0 Å². The van der Waals surface area contributed by atoms with E-state index >= 15 is 0 Å². The molecule has 3 heterocycles. The summed E-state index contributed by atoms with van der Waals surface area (Å²) in [6, 6.07) is 9.78. The van der Waals surface area contributed by atoms with Crippen molar-refractivity contribution in [2.75, 3.05) is 18.0 Å². The van der Waals surface area contributed by atoms with Crippen LogP contribution >= 0.6 is 0 Å². The number of nitro groups is 1. The van der Waals surface area contributed by atoms with Gasteiger partial charge in [-0.25, -0.2) is 13.1 Å². The fourth-order valence-corrected chi connectivity index (χ4v) is 5.53. The Morgan fingerprint density at radius 3 is 2.69 bits per heavy atom. The van der Waals surface area contributed by atoms with Gasteiger partial charge in [0.15, 0.2) is 5.65 Å². The SMILES string of the molecule is CC(C)(C)NS(=O)(=O)c1ccc(N2CCCC(c3nnc4ccccn34)C2)c([N+](=O)[O-])c1. The van der Waals surface area contributed by atoms with Crippen LogP contribution in [0.2, 0.25) is 0 Å². The average Bonchev–Trinajstić information content (AvgIpc) is 3.16. The van der Waals surface area contributed by atoms with Gasteiger partial charge in [0.1, 0.15) is 11.5 Å². The number of rotatable bonds is 5. The van der Waals surface area contributed by atoms with Gasteiger partial charge in [0.05, 0.1) is 9.82 Å². The topological polar surface area (TPSA) is 123 Å². The van der Waals surface area contributed by atoms with Crippen molar-refractivity contribution in [3.05, 3.63) is 58.5 Å². The Morgan fingerprint density at radius 1 is 1.19 bits per heavy atom. The molecule has 1 aliphatic heterocycles. The molecule has 1 N–H and O–H groups in total. The minimum atomic E-state index is -3.89. The Hall–Kier alpha value is -3.05. The van der Waals surface area contributed by atoms with E-state index in [2.05, 4.69) is 14.9 Å². The van der Waals surface area contributed by atoms with E-state index in [1.54, 1.807) is 20.8 Å². The molecule has 0 saturated carbocycles. The lowest BCUT2D eigenvalue weighted by molar-refractivity contribution is -0.384. The molecule has 1 aliphatic rings. The quantitative estimate of drug-likeness (QED) is 0.460. The molecule has 0 amide bonds. The Labute approximate surface area is 186 Å². The van der Waals surface area contributed by atoms with Gasteiger partial charge in [0.2, 0.25) is 10.0 Å². The number of nitro benzene ring substituents is 1. The van der Waals surface area contributed by atoms with Crippen LogP contribution in [-0.2, 0) is 10.0 Å². The molecule has 0 bridgehead atoms. The molecular formula is C21H26N6O4S. The summed E-state index contributed by atoms with van der Waals surface area (Å²) >= 11 is 0. The first-order chi connectivity index (χ1) is 15.0. The normalized spacial score (nSPS) is 17.6. The molecule has 32 heavy (non-hydrogen) atoms. The Balaban J connectivity index is 1.66. The van der Waals surface area contributed by atoms with E-state index in [-0.39, 0.29) is 16.5 Å². The number of anilines is 1. The summed E-state index contributed by atoms with van der Waals surface area (Å²) in [5.41, 5.74) is 0.233. The second-order valence-corrected chi connectivity index (χ2v) is 10.7. The monoisotopic (exact) mass is 458 g/mol. The summed E-state index contributed by atoms with van der Waals surface area (Å²) in [6.45, 7) is 6.32. The molecule has 1 fully saturated rings. The van der Waals surface area contributed by atoms with Gasteiger partial charge >= 0.3 is 0 Å². The van der Waals surface area contributed by atoms with Crippen molar-refractivity contribution in [1.29, 1.82) is 0 Å². The average molecular weight is 459 g/mol. The van der Waals surface area contributed by atoms with Gasteiger partial charge in [0.25, 0.3) is 5.69 Å². The highest BCUT2D eigenvalue weighted by molar-refractivity contribution is 7.89. The van der Waals surface area contributed by atoms with Crippen LogP contribution in [0, 0.1) is 10.1 Å². The fourth-order valence-electron chi connectivity index (χ4n) is 4.09. The molecule has 1 atom stereocenters. The molecule has 1 saturated heterocycles. The van der Waals surface area contributed by atoms with Crippen LogP contribution < -0.4 is 9.62 Å². The predicted molar refractivity (Wildman–Crippen MR) is 120 cm³/mol. The molecule has 2 aromatic heterocycles. The Morgan fingerprint density at radius 2 is 1.97 bits per heavy atom. The number of benzene rings is 1. The first-order valence-corrected chi connectivity index (χ1v) is 11.9. The number of nitrogens with one attached hydrogen (secondary N) is 1. The first-order valence-electron chi connectivity index (χ1n) is 10.4. The molecule has 10 nitrogen and oxygen atoms in total. The summed E-state index contributed by atoms with van der Waals surface area (Å²) in [5, 5.41) is 20.4. The predicted octanol–water partition coefficient (Wildman–Crippen LogP) is 3.10. The minimum absolute atomic E-state index is 0.0479. The van der Waals surface area contributed by atoms with Crippen molar-refractivity contribution in [2.24, 2.45) is 0 Å². The molecule has 0 aliphatic carbocycles. The zero-order valence-corrected chi connectivity index (χ0v) is 19.0. The van der Waals surface area contributed by atoms with Crippen LogP contribution in [-0.4, -0.2) is 46.6 Å². The number of hydrogen-bond acceptors (Lipinski definition) is 7. The van der Waals surface area contributed by atoms with Crippen molar-refractivity contribution in [2.45, 2.75) is 50.0 Å². The number of piperidine rings is 1. The number of hydrogen-bond donors (Lipinski definition) is 1. The van der Waals surface area contributed by atoms with Gasteiger partial charge in [-0.3, -0.25) is 14.5 Å². The number of nitrogens with zero attached hydrogens (tertiary/aromatic N) is 5. The third kappa shape index (κ3) is 4.44. The maximum Gasteiger partial charge on any atom is 0.293 e. The van der Waals surface area contributed by atoms with Crippen molar-refractivity contribution < 1.29 is 13.3 Å². The summed E-state index contributed by atoms with van der Waals surface area (Å²) < 4.78 is 29.8. The Kier molecular flexibility index (Phi) is 5.63. The fraction of sp³-hybridized carbons (Fsp3) is 0.429. The van der Waals surface area contributed by atoms with Crippen LogP contribution in [0.5, 0.6) is 0 Å². The summed E-state index contributed by atoms with van der Waals surface area (Å²) in [5.74, 6) is 0.869. The van der Waals surface area contributed by atoms with E-state index in [4.69, 9.17) is 0 Å². The lowest BCUT2D eigenvalue weighted by Gasteiger charge is -2.33. The molecule has 3 aromatic rings. The van der Waals surface area contributed by atoms with Crippen LogP contribution in [0.4, 0.5) is 11.4 Å². The maximum atomic E-state index is 12.7. The largest absolute Gasteiger partial charge is 0.365 e. The zero-order chi connectivity index (χ0) is 23.1. The molecule has 1 unspecified atom stereocenters. The van der Waals surface area contributed by atoms with Gasteiger partial charge in [-0.2, -0.15) is 0 Å². The van der Waals surface area contributed by atoms with Gasteiger partial charge in [0, 0.05) is 36.8 Å². The summed E-state index contributed by atoms with van der Waals surface area (Å²) in [7, 11) is -3.89. The standard InChI is InChI=1S/C21H26N6O4S/c1-21(2,3)24-32(30,31)16-9-10-17(18(13-16)27(28)29)25-11-6-7-15(14-25)20-23-22-19-8-4-5-12-26(19)20/h4-5,8-10,12-13,15,24H,6-7,11,14H2,1-3H3. The highest BCUT2D eigenvalue weighted by atomic mass is 32.2. The van der Waals surface area contributed by atoms with Gasteiger partial charge < -0.3 is 4.90 Å². The highest BCUT2D eigenvalue weighted by Crippen LogP contribution is 2.36. The molecule has 0 spiro atoms. The molecule has 170 valence electrons. The second-order valence-electron chi connectivity index (χ2n) is 9.04.